The summed E-state index contributed by atoms with van der Waals surface area (Å²) in [6.07, 6.45) is 2.68. The van der Waals surface area contributed by atoms with Crippen LogP contribution in [0.25, 0.3) is 0 Å². The SMILES string of the molecule is CCSc1cccc(C2(CNC)CC2)c1. The summed E-state index contributed by atoms with van der Waals surface area (Å²) in [4.78, 5) is 1.41. The molecule has 1 aromatic rings. The lowest BCUT2D eigenvalue weighted by Crippen LogP contribution is -2.23. The molecule has 1 aromatic carbocycles. The summed E-state index contributed by atoms with van der Waals surface area (Å²) >= 11 is 1.93. The minimum Gasteiger partial charge on any atom is -0.319 e. The van der Waals surface area contributed by atoms with Gasteiger partial charge in [0.2, 0.25) is 0 Å². The van der Waals surface area contributed by atoms with Crippen LogP contribution in [0.2, 0.25) is 0 Å². The van der Waals surface area contributed by atoms with Crippen LogP contribution in [-0.4, -0.2) is 19.3 Å². The Kier molecular flexibility index (Phi) is 3.37. The van der Waals surface area contributed by atoms with Crippen LogP contribution >= 0.6 is 11.8 Å². The van der Waals surface area contributed by atoms with E-state index >= 15 is 0 Å². The zero-order valence-electron chi connectivity index (χ0n) is 9.55. The van der Waals surface area contributed by atoms with Gasteiger partial charge in [-0.05, 0) is 43.3 Å². The first-order chi connectivity index (χ1) is 7.30. The Morgan fingerprint density at radius 3 is 2.80 bits per heavy atom. The lowest BCUT2D eigenvalue weighted by atomic mass is 9.96. The van der Waals surface area contributed by atoms with Crippen molar-refractivity contribution in [2.75, 3.05) is 19.3 Å². The molecule has 1 aliphatic rings. The molecule has 82 valence electrons. The Labute approximate surface area is 96.7 Å². The number of hydrogen-bond donors (Lipinski definition) is 1. The van der Waals surface area contributed by atoms with E-state index in [-0.39, 0.29) is 0 Å². The zero-order chi connectivity index (χ0) is 10.7. The summed E-state index contributed by atoms with van der Waals surface area (Å²) in [6, 6.07) is 9.07. The van der Waals surface area contributed by atoms with E-state index in [1.807, 2.05) is 18.8 Å². The van der Waals surface area contributed by atoms with Crippen molar-refractivity contribution < 1.29 is 0 Å². The van der Waals surface area contributed by atoms with Crippen LogP contribution in [0.15, 0.2) is 29.2 Å². The van der Waals surface area contributed by atoms with E-state index < -0.39 is 0 Å². The lowest BCUT2D eigenvalue weighted by Gasteiger charge is -2.15. The lowest BCUT2D eigenvalue weighted by molar-refractivity contribution is 0.623. The third kappa shape index (κ3) is 2.37. The fraction of sp³-hybridized carbons (Fsp3) is 0.538. The predicted molar refractivity (Wildman–Crippen MR) is 67.7 cm³/mol. The molecule has 0 aliphatic heterocycles. The molecule has 1 N–H and O–H groups in total. The second kappa shape index (κ2) is 4.58. The average molecular weight is 221 g/mol. The third-order valence-electron chi connectivity index (χ3n) is 3.13. The summed E-state index contributed by atoms with van der Waals surface area (Å²) in [5.74, 6) is 1.16. The molecule has 0 atom stereocenters. The number of hydrogen-bond acceptors (Lipinski definition) is 2. The fourth-order valence-electron chi connectivity index (χ4n) is 2.14. The van der Waals surface area contributed by atoms with Crippen molar-refractivity contribution in [1.82, 2.24) is 5.32 Å². The highest BCUT2D eigenvalue weighted by Crippen LogP contribution is 2.48. The molecule has 0 saturated heterocycles. The molecule has 2 rings (SSSR count). The van der Waals surface area contributed by atoms with Crippen LogP contribution < -0.4 is 5.32 Å². The molecule has 1 nitrogen and oxygen atoms in total. The van der Waals surface area contributed by atoms with Gasteiger partial charge >= 0.3 is 0 Å². The van der Waals surface area contributed by atoms with Gasteiger partial charge < -0.3 is 5.32 Å². The van der Waals surface area contributed by atoms with Crippen LogP contribution in [0.4, 0.5) is 0 Å². The molecule has 1 aliphatic carbocycles. The minimum atomic E-state index is 0.457. The van der Waals surface area contributed by atoms with Crippen molar-refractivity contribution in [3.05, 3.63) is 29.8 Å². The smallest absolute Gasteiger partial charge is 0.00787 e. The van der Waals surface area contributed by atoms with Gasteiger partial charge in [0.25, 0.3) is 0 Å². The van der Waals surface area contributed by atoms with Gasteiger partial charge in [-0.3, -0.25) is 0 Å². The summed E-state index contributed by atoms with van der Waals surface area (Å²) in [5, 5.41) is 3.31. The maximum absolute atomic E-state index is 3.31. The maximum atomic E-state index is 3.31. The van der Waals surface area contributed by atoms with Gasteiger partial charge in [-0.25, -0.2) is 0 Å². The molecule has 0 heterocycles. The Hall–Kier alpha value is -0.470. The number of rotatable bonds is 5. The highest BCUT2D eigenvalue weighted by atomic mass is 32.2. The maximum Gasteiger partial charge on any atom is 0.00787 e. The van der Waals surface area contributed by atoms with Crippen molar-refractivity contribution >= 4 is 11.8 Å². The Morgan fingerprint density at radius 1 is 1.40 bits per heavy atom. The number of likely N-dealkylation sites (N-methyl/N-ethyl adjacent to an activating group) is 1. The molecule has 2 heteroatoms. The molecule has 15 heavy (non-hydrogen) atoms. The Bertz CT molecular complexity index is 331. The fourth-order valence-corrected chi connectivity index (χ4v) is 2.86. The van der Waals surface area contributed by atoms with E-state index in [9.17, 15) is 0 Å². The Morgan fingerprint density at radius 2 is 2.20 bits per heavy atom. The van der Waals surface area contributed by atoms with Crippen molar-refractivity contribution in [3.8, 4) is 0 Å². The molecule has 0 spiro atoms. The first kappa shape index (κ1) is 11.0. The molecule has 0 amide bonds. The van der Waals surface area contributed by atoms with Gasteiger partial charge in [0.1, 0.15) is 0 Å². The predicted octanol–water partition coefficient (Wildman–Crippen LogP) is 3.05. The van der Waals surface area contributed by atoms with Crippen LogP contribution in [0, 0.1) is 0 Å². The van der Waals surface area contributed by atoms with E-state index in [0.717, 1.165) is 12.3 Å². The van der Waals surface area contributed by atoms with Crippen molar-refractivity contribution in [3.63, 3.8) is 0 Å². The number of thioether (sulfide) groups is 1. The van der Waals surface area contributed by atoms with Gasteiger partial charge in [0, 0.05) is 16.9 Å². The second-order valence-electron chi connectivity index (χ2n) is 4.27. The first-order valence-corrected chi connectivity index (χ1v) is 6.67. The highest BCUT2D eigenvalue weighted by molar-refractivity contribution is 7.99. The largest absolute Gasteiger partial charge is 0.319 e. The van der Waals surface area contributed by atoms with Gasteiger partial charge in [-0.1, -0.05) is 19.1 Å². The van der Waals surface area contributed by atoms with Crippen molar-refractivity contribution in [2.24, 2.45) is 0 Å². The summed E-state index contributed by atoms with van der Waals surface area (Å²) in [7, 11) is 2.05. The van der Waals surface area contributed by atoms with E-state index in [1.54, 1.807) is 0 Å². The van der Waals surface area contributed by atoms with Gasteiger partial charge in [0.15, 0.2) is 0 Å². The van der Waals surface area contributed by atoms with Crippen molar-refractivity contribution in [1.29, 1.82) is 0 Å². The number of nitrogens with one attached hydrogen (secondary N) is 1. The third-order valence-corrected chi connectivity index (χ3v) is 4.00. The van der Waals surface area contributed by atoms with E-state index in [1.165, 1.54) is 23.3 Å². The van der Waals surface area contributed by atoms with Crippen LogP contribution in [0.3, 0.4) is 0 Å². The van der Waals surface area contributed by atoms with E-state index in [0.29, 0.717) is 5.41 Å². The molecule has 1 fully saturated rings. The monoisotopic (exact) mass is 221 g/mol. The average Bonchev–Trinajstić information content (AvgIpc) is 3.01. The summed E-state index contributed by atoms with van der Waals surface area (Å²) in [5.41, 5.74) is 1.98. The molecule has 0 bridgehead atoms. The first-order valence-electron chi connectivity index (χ1n) is 5.69. The van der Waals surface area contributed by atoms with E-state index in [4.69, 9.17) is 0 Å². The second-order valence-corrected chi connectivity index (χ2v) is 5.61. The van der Waals surface area contributed by atoms with Crippen molar-refractivity contribution in [2.45, 2.75) is 30.1 Å². The Balaban J connectivity index is 2.17. The topological polar surface area (TPSA) is 12.0 Å². The van der Waals surface area contributed by atoms with E-state index in [2.05, 4.69) is 36.5 Å². The van der Waals surface area contributed by atoms with Gasteiger partial charge in [-0.2, -0.15) is 0 Å². The van der Waals surface area contributed by atoms with Gasteiger partial charge in [-0.15, -0.1) is 11.8 Å². The normalized spacial score (nSPS) is 17.7. The van der Waals surface area contributed by atoms with Crippen LogP contribution in [0.5, 0.6) is 0 Å². The number of benzene rings is 1. The van der Waals surface area contributed by atoms with Crippen LogP contribution in [0.1, 0.15) is 25.3 Å². The summed E-state index contributed by atoms with van der Waals surface area (Å²) < 4.78 is 0. The molecule has 0 unspecified atom stereocenters. The molecule has 0 aromatic heterocycles. The molecular formula is C13H19NS. The van der Waals surface area contributed by atoms with Crippen LogP contribution in [-0.2, 0) is 5.41 Å². The molecule has 1 saturated carbocycles. The molecular weight excluding hydrogens is 202 g/mol. The standard InChI is InChI=1S/C13H19NS/c1-3-15-12-6-4-5-11(9-12)13(7-8-13)10-14-2/h4-6,9,14H,3,7-8,10H2,1-2H3. The van der Waals surface area contributed by atoms with Gasteiger partial charge in [0.05, 0.1) is 0 Å². The zero-order valence-corrected chi connectivity index (χ0v) is 10.4. The summed E-state index contributed by atoms with van der Waals surface area (Å²) in [6.45, 7) is 3.32. The quantitative estimate of drug-likeness (QED) is 0.767. The highest BCUT2D eigenvalue weighted by Gasteiger charge is 2.43. The molecule has 0 radical (unpaired) electrons. The minimum absolute atomic E-state index is 0.457.